The zero-order chi connectivity index (χ0) is 14.7. The third-order valence-electron chi connectivity index (χ3n) is 3.77. The molecule has 0 bridgehead atoms. The summed E-state index contributed by atoms with van der Waals surface area (Å²) in [6.45, 7) is 3.85. The van der Waals surface area contributed by atoms with Crippen molar-refractivity contribution in [3.05, 3.63) is 35.9 Å². The molecule has 1 heterocycles. The fourth-order valence-electron chi connectivity index (χ4n) is 2.60. The van der Waals surface area contributed by atoms with Crippen molar-refractivity contribution in [3.63, 3.8) is 0 Å². The standard InChI is InChI=1S/C15H19NO4/c1-9-13(16-8-11-6-4-3-5-7-11)12(14(17)18)10(2)20-15(9)19/h3-7,9-10,12-13,16H,8H2,1-2H3,(H,17,18). The molecule has 5 heteroatoms. The minimum atomic E-state index is -0.942. The molecule has 4 atom stereocenters. The second kappa shape index (κ2) is 6.05. The second-order valence-electron chi connectivity index (χ2n) is 5.19. The van der Waals surface area contributed by atoms with Crippen LogP contribution in [-0.2, 0) is 20.9 Å². The molecule has 5 nitrogen and oxygen atoms in total. The molecule has 1 fully saturated rings. The molecule has 1 aliphatic heterocycles. The highest BCUT2D eigenvalue weighted by atomic mass is 16.5. The van der Waals surface area contributed by atoms with Crippen molar-refractivity contribution < 1.29 is 19.4 Å². The van der Waals surface area contributed by atoms with E-state index in [-0.39, 0.29) is 5.97 Å². The lowest BCUT2D eigenvalue weighted by atomic mass is 9.83. The lowest BCUT2D eigenvalue weighted by Gasteiger charge is -2.37. The molecule has 0 radical (unpaired) electrons. The lowest BCUT2D eigenvalue weighted by Crippen LogP contribution is -2.56. The number of aliphatic carboxylic acids is 1. The largest absolute Gasteiger partial charge is 0.481 e. The highest BCUT2D eigenvalue weighted by Gasteiger charge is 2.45. The van der Waals surface area contributed by atoms with Crippen LogP contribution in [0.1, 0.15) is 19.4 Å². The molecule has 4 unspecified atom stereocenters. The predicted octanol–water partition coefficient (Wildman–Crippen LogP) is 1.43. The van der Waals surface area contributed by atoms with Crippen molar-refractivity contribution in [1.82, 2.24) is 5.32 Å². The zero-order valence-electron chi connectivity index (χ0n) is 11.6. The van der Waals surface area contributed by atoms with Crippen LogP contribution in [0.15, 0.2) is 30.3 Å². The Kier molecular flexibility index (Phi) is 4.39. The van der Waals surface area contributed by atoms with E-state index >= 15 is 0 Å². The van der Waals surface area contributed by atoms with E-state index in [4.69, 9.17) is 4.74 Å². The van der Waals surface area contributed by atoms with E-state index < -0.39 is 30.0 Å². The summed E-state index contributed by atoms with van der Waals surface area (Å²) < 4.78 is 5.09. The van der Waals surface area contributed by atoms with Gasteiger partial charge in [-0.25, -0.2) is 0 Å². The van der Waals surface area contributed by atoms with Crippen LogP contribution >= 0.6 is 0 Å². The normalized spacial score (nSPS) is 29.8. The van der Waals surface area contributed by atoms with Crippen molar-refractivity contribution in [3.8, 4) is 0 Å². The van der Waals surface area contributed by atoms with Gasteiger partial charge in [0.05, 0.1) is 5.92 Å². The number of cyclic esters (lactones) is 1. The van der Waals surface area contributed by atoms with Crippen LogP contribution in [0.2, 0.25) is 0 Å². The minimum absolute atomic E-state index is 0.347. The number of ether oxygens (including phenoxy) is 1. The van der Waals surface area contributed by atoms with Gasteiger partial charge in [-0.2, -0.15) is 0 Å². The van der Waals surface area contributed by atoms with Gasteiger partial charge in [-0.3, -0.25) is 9.59 Å². The third-order valence-corrected chi connectivity index (χ3v) is 3.77. The van der Waals surface area contributed by atoms with Gasteiger partial charge in [-0.15, -0.1) is 0 Å². The van der Waals surface area contributed by atoms with E-state index in [1.807, 2.05) is 30.3 Å². The summed E-state index contributed by atoms with van der Waals surface area (Å²) in [5, 5.41) is 12.5. The van der Waals surface area contributed by atoms with E-state index in [0.717, 1.165) is 5.56 Å². The van der Waals surface area contributed by atoms with Crippen LogP contribution in [-0.4, -0.2) is 29.2 Å². The summed E-state index contributed by atoms with van der Waals surface area (Å²) in [7, 11) is 0. The van der Waals surface area contributed by atoms with Gasteiger partial charge in [0, 0.05) is 12.6 Å². The van der Waals surface area contributed by atoms with Gasteiger partial charge >= 0.3 is 11.9 Å². The van der Waals surface area contributed by atoms with Crippen LogP contribution in [0, 0.1) is 11.8 Å². The molecule has 20 heavy (non-hydrogen) atoms. The van der Waals surface area contributed by atoms with E-state index in [1.165, 1.54) is 0 Å². The van der Waals surface area contributed by atoms with Crippen molar-refractivity contribution >= 4 is 11.9 Å². The minimum Gasteiger partial charge on any atom is -0.481 e. The van der Waals surface area contributed by atoms with Gasteiger partial charge in [-0.1, -0.05) is 37.3 Å². The van der Waals surface area contributed by atoms with Crippen LogP contribution in [0.5, 0.6) is 0 Å². The number of carbonyl (C=O) groups excluding carboxylic acids is 1. The molecule has 1 aromatic carbocycles. The molecule has 0 saturated carbocycles. The number of carbonyl (C=O) groups is 2. The Labute approximate surface area is 117 Å². The average Bonchev–Trinajstić information content (AvgIpc) is 2.41. The molecule has 1 aromatic rings. The van der Waals surface area contributed by atoms with Crippen molar-refractivity contribution in [2.75, 3.05) is 0 Å². The Hall–Kier alpha value is -1.88. The molecular weight excluding hydrogens is 258 g/mol. The van der Waals surface area contributed by atoms with Gasteiger partial charge in [-0.05, 0) is 12.5 Å². The zero-order valence-corrected chi connectivity index (χ0v) is 11.6. The van der Waals surface area contributed by atoms with Crippen LogP contribution in [0.25, 0.3) is 0 Å². The predicted molar refractivity (Wildman–Crippen MR) is 72.9 cm³/mol. The maximum atomic E-state index is 11.7. The summed E-state index contributed by atoms with van der Waals surface area (Å²) in [4.78, 5) is 23.1. The fraction of sp³-hybridized carbons (Fsp3) is 0.467. The third kappa shape index (κ3) is 2.99. The van der Waals surface area contributed by atoms with E-state index in [0.29, 0.717) is 6.54 Å². The average molecular weight is 277 g/mol. The van der Waals surface area contributed by atoms with Gasteiger partial charge in [0.25, 0.3) is 0 Å². The van der Waals surface area contributed by atoms with Gasteiger partial charge in [0.15, 0.2) is 0 Å². The number of carboxylic acids is 1. The highest BCUT2D eigenvalue weighted by molar-refractivity contribution is 5.79. The number of hydrogen-bond acceptors (Lipinski definition) is 4. The summed E-state index contributed by atoms with van der Waals surface area (Å²) in [6, 6.07) is 9.26. The summed E-state index contributed by atoms with van der Waals surface area (Å²) >= 11 is 0. The second-order valence-corrected chi connectivity index (χ2v) is 5.19. The van der Waals surface area contributed by atoms with Gasteiger partial charge < -0.3 is 15.2 Å². The highest BCUT2D eigenvalue weighted by Crippen LogP contribution is 2.27. The molecule has 108 valence electrons. The first-order valence-corrected chi connectivity index (χ1v) is 6.71. The number of hydrogen-bond donors (Lipinski definition) is 2. The molecule has 0 spiro atoms. The first-order chi connectivity index (χ1) is 9.50. The Balaban J connectivity index is 2.12. The van der Waals surface area contributed by atoms with Crippen molar-refractivity contribution in [2.45, 2.75) is 32.5 Å². The topological polar surface area (TPSA) is 75.6 Å². The van der Waals surface area contributed by atoms with Gasteiger partial charge in [0.1, 0.15) is 12.0 Å². The molecule has 0 aromatic heterocycles. The maximum absolute atomic E-state index is 11.7. The molecule has 2 N–H and O–H groups in total. The van der Waals surface area contributed by atoms with Crippen molar-refractivity contribution in [2.24, 2.45) is 11.8 Å². The molecule has 0 amide bonds. The molecule has 0 aliphatic carbocycles. The SMILES string of the molecule is CC1OC(=O)C(C)C(NCc2ccccc2)C1C(=O)O. The quantitative estimate of drug-likeness (QED) is 0.814. The number of benzene rings is 1. The summed E-state index contributed by atoms with van der Waals surface area (Å²) in [5.41, 5.74) is 1.05. The Bertz CT molecular complexity index is 488. The summed E-state index contributed by atoms with van der Waals surface area (Å²) in [5.74, 6) is -2.50. The molecular formula is C15H19NO4. The lowest BCUT2D eigenvalue weighted by molar-refractivity contribution is -0.173. The first-order valence-electron chi connectivity index (χ1n) is 6.71. The molecule has 2 rings (SSSR count). The first kappa shape index (κ1) is 14.5. The van der Waals surface area contributed by atoms with E-state index in [1.54, 1.807) is 13.8 Å². The van der Waals surface area contributed by atoms with Gasteiger partial charge in [0.2, 0.25) is 0 Å². The number of esters is 1. The Morgan fingerprint density at radius 3 is 2.55 bits per heavy atom. The molecule has 1 aliphatic rings. The monoisotopic (exact) mass is 277 g/mol. The number of rotatable bonds is 4. The van der Waals surface area contributed by atoms with Crippen LogP contribution in [0.4, 0.5) is 0 Å². The van der Waals surface area contributed by atoms with Crippen LogP contribution < -0.4 is 5.32 Å². The molecule has 1 saturated heterocycles. The van der Waals surface area contributed by atoms with Crippen molar-refractivity contribution in [1.29, 1.82) is 0 Å². The Morgan fingerprint density at radius 1 is 1.30 bits per heavy atom. The Morgan fingerprint density at radius 2 is 1.95 bits per heavy atom. The smallest absolute Gasteiger partial charge is 0.311 e. The number of carboxylic acid groups (broad SMARTS) is 1. The fourth-order valence-corrected chi connectivity index (χ4v) is 2.60. The maximum Gasteiger partial charge on any atom is 0.311 e. The number of nitrogens with one attached hydrogen (secondary N) is 1. The van der Waals surface area contributed by atoms with E-state index in [9.17, 15) is 14.7 Å². The summed E-state index contributed by atoms with van der Waals surface area (Å²) in [6.07, 6.45) is -0.621. The van der Waals surface area contributed by atoms with E-state index in [2.05, 4.69) is 5.32 Å². The van der Waals surface area contributed by atoms with Crippen LogP contribution in [0.3, 0.4) is 0 Å².